The quantitative estimate of drug-likeness (QED) is 0.881. The lowest BCUT2D eigenvalue weighted by atomic mass is 10.0. The van der Waals surface area contributed by atoms with Crippen LogP contribution in [-0.2, 0) is 6.54 Å². The summed E-state index contributed by atoms with van der Waals surface area (Å²) in [6.07, 6.45) is 0. The van der Waals surface area contributed by atoms with E-state index in [-0.39, 0.29) is 11.9 Å². The molecule has 2 nitrogen and oxygen atoms in total. The molecule has 4 heteroatoms. The highest BCUT2D eigenvalue weighted by molar-refractivity contribution is 9.10. The van der Waals surface area contributed by atoms with E-state index >= 15 is 0 Å². The van der Waals surface area contributed by atoms with Gasteiger partial charge in [-0.05, 0) is 58.7 Å². The van der Waals surface area contributed by atoms with Crippen LogP contribution in [0, 0.1) is 12.7 Å². The first-order valence-corrected chi connectivity index (χ1v) is 7.72. The average Bonchev–Trinajstić information content (AvgIpc) is 2.46. The number of likely N-dealkylation sites (N-methyl/N-ethyl adjacent to an activating group) is 1. The van der Waals surface area contributed by atoms with Crippen LogP contribution in [0.3, 0.4) is 0 Å². The van der Waals surface area contributed by atoms with Gasteiger partial charge >= 0.3 is 0 Å². The van der Waals surface area contributed by atoms with Gasteiger partial charge in [0.1, 0.15) is 5.82 Å². The Hall–Kier alpha value is -1.23. The van der Waals surface area contributed by atoms with Crippen molar-refractivity contribution in [3.05, 3.63) is 69.4 Å². The van der Waals surface area contributed by atoms with E-state index in [0.717, 1.165) is 12.1 Å². The van der Waals surface area contributed by atoms with Gasteiger partial charge < -0.3 is 5.73 Å². The Labute approximate surface area is 133 Å². The summed E-state index contributed by atoms with van der Waals surface area (Å²) in [5.41, 5.74) is 9.32. The molecule has 0 radical (unpaired) electrons. The maximum Gasteiger partial charge on any atom is 0.137 e. The molecule has 0 saturated carbocycles. The number of aryl methyl sites for hydroxylation is 1. The first kappa shape index (κ1) is 16.1. The zero-order chi connectivity index (χ0) is 15.4. The van der Waals surface area contributed by atoms with E-state index in [1.807, 2.05) is 25.2 Å². The second-order valence-electron chi connectivity index (χ2n) is 5.27. The summed E-state index contributed by atoms with van der Waals surface area (Å²) in [6, 6.07) is 13.5. The average molecular weight is 351 g/mol. The summed E-state index contributed by atoms with van der Waals surface area (Å²) in [6.45, 7) is 3.33. The summed E-state index contributed by atoms with van der Waals surface area (Å²) in [4.78, 5) is 2.16. The molecule has 2 rings (SSSR count). The number of halogens is 2. The Morgan fingerprint density at radius 1 is 1.24 bits per heavy atom. The number of nitrogens with two attached hydrogens (primary N) is 1. The largest absolute Gasteiger partial charge is 0.329 e. The topological polar surface area (TPSA) is 29.3 Å². The Balaban J connectivity index is 2.20. The van der Waals surface area contributed by atoms with Gasteiger partial charge in [0.15, 0.2) is 0 Å². The van der Waals surface area contributed by atoms with Crippen LogP contribution in [0.4, 0.5) is 4.39 Å². The minimum atomic E-state index is -0.254. The summed E-state index contributed by atoms with van der Waals surface area (Å²) >= 11 is 3.18. The first-order chi connectivity index (χ1) is 10.0. The summed E-state index contributed by atoms with van der Waals surface area (Å²) < 4.78 is 14.2. The van der Waals surface area contributed by atoms with E-state index < -0.39 is 0 Å². The fourth-order valence-electron chi connectivity index (χ4n) is 2.46. The van der Waals surface area contributed by atoms with Gasteiger partial charge in [-0.25, -0.2) is 4.39 Å². The van der Waals surface area contributed by atoms with Crippen LogP contribution in [0.25, 0.3) is 0 Å². The van der Waals surface area contributed by atoms with Gasteiger partial charge in [-0.1, -0.05) is 30.3 Å². The minimum Gasteiger partial charge on any atom is -0.329 e. The Bertz CT molecular complexity index is 615. The molecular formula is C17H20BrFN2. The van der Waals surface area contributed by atoms with Gasteiger partial charge in [-0.15, -0.1) is 0 Å². The third-order valence-corrected chi connectivity index (χ3v) is 4.41. The Kier molecular flexibility index (Phi) is 5.51. The van der Waals surface area contributed by atoms with Gasteiger partial charge in [-0.2, -0.15) is 0 Å². The van der Waals surface area contributed by atoms with Crippen molar-refractivity contribution in [1.82, 2.24) is 4.90 Å². The number of hydrogen-bond donors (Lipinski definition) is 1. The van der Waals surface area contributed by atoms with Gasteiger partial charge in [-0.3, -0.25) is 4.90 Å². The van der Waals surface area contributed by atoms with Gasteiger partial charge in [0.2, 0.25) is 0 Å². The molecule has 0 aliphatic carbocycles. The number of benzene rings is 2. The second kappa shape index (κ2) is 7.16. The molecule has 0 heterocycles. The SMILES string of the molecule is Cc1ccccc1CN(C)C(CN)c1ccc(Br)c(F)c1. The van der Waals surface area contributed by atoms with Crippen LogP contribution < -0.4 is 5.73 Å². The van der Waals surface area contributed by atoms with E-state index in [0.29, 0.717) is 11.0 Å². The van der Waals surface area contributed by atoms with E-state index in [4.69, 9.17) is 5.73 Å². The highest BCUT2D eigenvalue weighted by Gasteiger charge is 2.17. The summed E-state index contributed by atoms with van der Waals surface area (Å²) in [7, 11) is 2.02. The van der Waals surface area contributed by atoms with Crippen molar-refractivity contribution in [3.63, 3.8) is 0 Å². The molecule has 2 N–H and O–H groups in total. The van der Waals surface area contributed by atoms with Crippen molar-refractivity contribution < 1.29 is 4.39 Å². The van der Waals surface area contributed by atoms with Crippen LogP contribution in [0.2, 0.25) is 0 Å². The molecule has 0 saturated heterocycles. The van der Waals surface area contributed by atoms with Gasteiger partial charge in [0.05, 0.1) is 4.47 Å². The predicted octanol–water partition coefficient (Wildman–Crippen LogP) is 4.03. The smallest absolute Gasteiger partial charge is 0.137 e. The molecule has 2 aromatic rings. The molecule has 0 fully saturated rings. The van der Waals surface area contributed by atoms with Crippen molar-refractivity contribution in [2.75, 3.05) is 13.6 Å². The molecule has 21 heavy (non-hydrogen) atoms. The molecule has 112 valence electrons. The zero-order valence-corrected chi connectivity index (χ0v) is 13.9. The lowest BCUT2D eigenvalue weighted by Gasteiger charge is -2.28. The Morgan fingerprint density at radius 3 is 2.57 bits per heavy atom. The van der Waals surface area contributed by atoms with Crippen molar-refractivity contribution in [1.29, 1.82) is 0 Å². The standard InChI is InChI=1S/C17H20BrFN2/c1-12-5-3-4-6-14(12)11-21(2)17(10-20)13-7-8-15(18)16(19)9-13/h3-9,17H,10-11,20H2,1-2H3. The van der Waals surface area contributed by atoms with E-state index in [1.54, 1.807) is 12.1 Å². The second-order valence-corrected chi connectivity index (χ2v) is 6.12. The third-order valence-electron chi connectivity index (χ3n) is 3.76. The molecule has 0 amide bonds. The van der Waals surface area contributed by atoms with Crippen molar-refractivity contribution in [3.8, 4) is 0 Å². The molecule has 2 aromatic carbocycles. The normalized spacial score (nSPS) is 12.7. The van der Waals surface area contributed by atoms with Crippen LogP contribution in [0.15, 0.2) is 46.9 Å². The molecule has 1 atom stereocenters. The minimum absolute atomic E-state index is 0.00722. The number of nitrogens with zero attached hydrogens (tertiary/aromatic N) is 1. The highest BCUT2D eigenvalue weighted by atomic mass is 79.9. The zero-order valence-electron chi connectivity index (χ0n) is 12.3. The first-order valence-electron chi connectivity index (χ1n) is 6.92. The molecule has 0 aliphatic heterocycles. The van der Waals surface area contributed by atoms with Crippen LogP contribution in [0.5, 0.6) is 0 Å². The lowest BCUT2D eigenvalue weighted by molar-refractivity contribution is 0.241. The van der Waals surface area contributed by atoms with Crippen molar-refractivity contribution >= 4 is 15.9 Å². The molecule has 0 aromatic heterocycles. The summed E-state index contributed by atoms with van der Waals surface area (Å²) in [5.74, 6) is -0.254. The molecular weight excluding hydrogens is 331 g/mol. The number of rotatable bonds is 5. The molecule has 0 aliphatic rings. The third kappa shape index (κ3) is 3.90. The molecule has 0 bridgehead atoms. The highest BCUT2D eigenvalue weighted by Crippen LogP contribution is 2.25. The monoisotopic (exact) mass is 350 g/mol. The van der Waals surface area contributed by atoms with Gasteiger partial charge in [0, 0.05) is 19.1 Å². The maximum atomic E-state index is 13.7. The van der Waals surface area contributed by atoms with Crippen LogP contribution >= 0.6 is 15.9 Å². The van der Waals surface area contributed by atoms with Crippen LogP contribution in [-0.4, -0.2) is 18.5 Å². The predicted molar refractivity (Wildman–Crippen MR) is 88.5 cm³/mol. The lowest BCUT2D eigenvalue weighted by Crippen LogP contribution is -2.30. The van der Waals surface area contributed by atoms with Crippen molar-refractivity contribution in [2.45, 2.75) is 19.5 Å². The fraction of sp³-hybridized carbons (Fsp3) is 0.294. The molecule has 1 unspecified atom stereocenters. The van der Waals surface area contributed by atoms with E-state index in [1.165, 1.54) is 11.1 Å². The fourth-order valence-corrected chi connectivity index (χ4v) is 2.70. The summed E-state index contributed by atoms with van der Waals surface area (Å²) in [5, 5.41) is 0. The van der Waals surface area contributed by atoms with E-state index in [9.17, 15) is 4.39 Å². The van der Waals surface area contributed by atoms with Crippen LogP contribution in [0.1, 0.15) is 22.7 Å². The maximum absolute atomic E-state index is 13.7. The van der Waals surface area contributed by atoms with E-state index in [2.05, 4.69) is 39.9 Å². The Morgan fingerprint density at radius 2 is 1.95 bits per heavy atom. The van der Waals surface area contributed by atoms with Gasteiger partial charge in [0.25, 0.3) is 0 Å². The number of hydrogen-bond acceptors (Lipinski definition) is 2. The molecule has 0 spiro atoms. The van der Waals surface area contributed by atoms with Crippen molar-refractivity contribution in [2.24, 2.45) is 5.73 Å².